The molecule has 1 aromatic heterocycles. The summed E-state index contributed by atoms with van der Waals surface area (Å²) in [6.07, 6.45) is 3.00. The summed E-state index contributed by atoms with van der Waals surface area (Å²) in [5, 5.41) is 6.35. The van der Waals surface area contributed by atoms with E-state index < -0.39 is 0 Å². The van der Waals surface area contributed by atoms with Crippen LogP contribution in [0.25, 0.3) is 5.69 Å². The highest BCUT2D eigenvalue weighted by Gasteiger charge is 2.33. The Balaban J connectivity index is 1.51. The maximum atomic E-state index is 12.2. The Morgan fingerprint density at radius 1 is 1.48 bits per heavy atom. The zero-order chi connectivity index (χ0) is 17.4. The summed E-state index contributed by atoms with van der Waals surface area (Å²) < 4.78 is 13.1. The molecule has 0 radical (unpaired) electrons. The molecule has 0 bridgehead atoms. The maximum Gasteiger partial charge on any atom is 0.414 e. The van der Waals surface area contributed by atoms with Gasteiger partial charge in [0.15, 0.2) is 10.9 Å². The lowest BCUT2D eigenvalue weighted by atomic mass is 10.2. The molecule has 1 saturated heterocycles. The third-order valence-corrected chi connectivity index (χ3v) is 4.53. The lowest BCUT2D eigenvalue weighted by Gasteiger charge is -2.22. The van der Waals surface area contributed by atoms with E-state index in [0.29, 0.717) is 30.6 Å². The molecule has 8 nitrogen and oxygen atoms in total. The van der Waals surface area contributed by atoms with Gasteiger partial charge in [-0.3, -0.25) is 9.47 Å². The Kier molecular flexibility index (Phi) is 3.92. The number of hydrogen-bond acceptors (Lipinski definition) is 5. The van der Waals surface area contributed by atoms with Crippen LogP contribution in [0, 0.1) is 0 Å². The van der Waals surface area contributed by atoms with Crippen molar-refractivity contribution in [3.8, 4) is 11.4 Å². The van der Waals surface area contributed by atoms with Crippen molar-refractivity contribution in [1.82, 2.24) is 20.2 Å². The van der Waals surface area contributed by atoms with E-state index >= 15 is 0 Å². The lowest BCUT2D eigenvalue weighted by molar-refractivity contribution is 0.143. The zero-order valence-electron chi connectivity index (χ0n) is 13.6. The number of nitrogens with zero attached hydrogens (tertiary/aromatic N) is 3. The Hall–Kier alpha value is -2.81. The number of thiocarbonyl (C=S) groups is 1. The van der Waals surface area contributed by atoms with Crippen molar-refractivity contribution in [1.29, 1.82) is 0 Å². The number of fused-ring (bicyclic) bond motifs is 3. The highest BCUT2D eigenvalue weighted by molar-refractivity contribution is 7.80. The molecule has 3 heterocycles. The van der Waals surface area contributed by atoms with E-state index in [4.69, 9.17) is 21.7 Å². The third-order valence-electron chi connectivity index (χ3n) is 4.18. The molecule has 0 saturated carbocycles. The number of rotatable bonds is 3. The van der Waals surface area contributed by atoms with Crippen molar-refractivity contribution in [3.63, 3.8) is 0 Å². The molecule has 9 heteroatoms. The molecule has 1 fully saturated rings. The number of ether oxygens (including phenoxy) is 2. The van der Waals surface area contributed by atoms with Crippen molar-refractivity contribution in [2.75, 3.05) is 25.0 Å². The predicted octanol–water partition coefficient (Wildman–Crippen LogP) is 1.18. The first-order valence-electron chi connectivity index (χ1n) is 7.89. The summed E-state index contributed by atoms with van der Waals surface area (Å²) in [5.41, 5.74) is 1.65. The Morgan fingerprint density at radius 3 is 3.20 bits per heavy atom. The van der Waals surface area contributed by atoms with E-state index in [-0.39, 0.29) is 12.2 Å². The van der Waals surface area contributed by atoms with E-state index in [1.165, 1.54) is 0 Å². The standard InChI is InChI=1S/C16H17N5O3S/c1-17-15(25)19-7-11-8-21(16(22)24-11)10-2-3-12-13(6-10)23-9-14-18-4-5-20(12)14/h2-6,11H,7-9H2,1H3,(H2,17,19,25)/t11-/m0/s1. The van der Waals surface area contributed by atoms with Gasteiger partial charge in [-0.1, -0.05) is 0 Å². The normalized spacial score (nSPS) is 18.0. The van der Waals surface area contributed by atoms with Gasteiger partial charge in [0.05, 0.1) is 24.5 Å². The van der Waals surface area contributed by atoms with E-state index in [0.717, 1.165) is 17.2 Å². The minimum absolute atomic E-state index is 0.268. The molecule has 1 atom stereocenters. The monoisotopic (exact) mass is 359 g/mol. The van der Waals surface area contributed by atoms with Crippen LogP contribution in [0.5, 0.6) is 5.75 Å². The molecule has 1 amide bonds. The van der Waals surface area contributed by atoms with Crippen molar-refractivity contribution in [2.45, 2.75) is 12.7 Å². The molecular formula is C16H17N5O3S. The maximum absolute atomic E-state index is 12.2. The van der Waals surface area contributed by atoms with E-state index in [1.807, 2.05) is 29.0 Å². The first kappa shape index (κ1) is 15.7. The van der Waals surface area contributed by atoms with Gasteiger partial charge in [0.25, 0.3) is 0 Å². The molecule has 1 aromatic carbocycles. The van der Waals surface area contributed by atoms with Crippen molar-refractivity contribution < 1.29 is 14.3 Å². The predicted molar refractivity (Wildman–Crippen MR) is 95.2 cm³/mol. The van der Waals surface area contributed by atoms with Crippen LogP contribution in [0.3, 0.4) is 0 Å². The molecule has 0 spiro atoms. The van der Waals surface area contributed by atoms with Crippen LogP contribution in [0.2, 0.25) is 0 Å². The van der Waals surface area contributed by atoms with Crippen LogP contribution in [-0.2, 0) is 11.3 Å². The highest BCUT2D eigenvalue weighted by atomic mass is 32.1. The number of carbonyl (C=O) groups excluding carboxylic acids is 1. The number of benzene rings is 1. The van der Waals surface area contributed by atoms with Gasteiger partial charge in [-0.2, -0.15) is 0 Å². The number of imidazole rings is 1. The molecule has 0 unspecified atom stereocenters. The molecule has 0 aliphatic carbocycles. The first-order valence-corrected chi connectivity index (χ1v) is 8.29. The van der Waals surface area contributed by atoms with Crippen LogP contribution >= 0.6 is 12.2 Å². The number of anilines is 1. The summed E-state index contributed by atoms with van der Waals surface area (Å²) in [6.45, 7) is 1.32. The molecule has 2 aromatic rings. The highest BCUT2D eigenvalue weighted by Crippen LogP contribution is 2.34. The fraction of sp³-hybridized carbons (Fsp3) is 0.312. The van der Waals surface area contributed by atoms with Gasteiger partial charge >= 0.3 is 6.09 Å². The number of nitrogens with one attached hydrogen (secondary N) is 2. The first-order chi connectivity index (χ1) is 12.2. The largest absolute Gasteiger partial charge is 0.483 e. The Labute approximate surface area is 149 Å². The molecule has 2 aliphatic heterocycles. The number of cyclic esters (lactones) is 1. The van der Waals surface area contributed by atoms with Crippen molar-refractivity contribution in [2.24, 2.45) is 0 Å². The van der Waals surface area contributed by atoms with Crippen molar-refractivity contribution >= 4 is 29.1 Å². The number of aromatic nitrogens is 2. The summed E-state index contributed by atoms with van der Waals surface area (Å²) in [4.78, 5) is 18.0. The lowest BCUT2D eigenvalue weighted by Crippen LogP contribution is -2.39. The average molecular weight is 359 g/mol. The fourth-order valence-corrected chi connectivity index (χ4v) is 3.00. The van der Waals surface area contributed by atoms with E-state index in [1.54, 1.807) is 18.1 Å². The van der Waals surface area contributed by atoms with Gasteiger partial charge < -0.3 is 20.1 Å². The topological polar surface area (TPSA) is 80.7 Å². The van der Waals surface area contributed by atoms with Gasteiger partial charge in [0.1, 0.15) is 18.5 Å². The summed E-state index contributed by atoms with van der Waals surface area (Å²) in [6, 6.07) is 5.66. The Morgan fingerprint density at radius 2 is 2.36 bits per heavy atom. The molecule has 25 heavy (non-hydrogen) atoms. The second-order valence-corrected chi connectivity index (χ2v) is 6.14. The smallest absolute Gasteiger partial charge is 0.414 e. The fourth-order valence-electron chi connectivity index (χ4n) is 2.92. The van der Waals surface area contributed by atoms with Crippen LogP contribution in [0.4, 0.5) is 10.5 Å². The number of hydrogen-bond donors (Lipinski definition) is 2. The van der Waals surface area contributed by atoms with Gasteiger partial charge in [0, 0.05) is 25.5 Å². The molecule has 2 aliphatic rings. The number of carbonyl (C=O) groups is 1. The van der Waals surface area contributed by atoms with Gasteiger partial charge in [-0.05, 0) is 24.4 Å². The zero-order valence-corrected chi connectivity index (χ0v) is 14.4. The third kappa shape index (κ3) is 2.86. The molecule has 130 valence electrons. The van der Waals surface area contributed by atoms with E-state index in [2.05, 4.69) is 15.6 Å². The quantitative estimate of drug-likeness (QED) is 0.797. The minimum Gasteiger partial charge on any atom is -0.483 e. The van der Waals surface area contributed by atoms with Gasteiger partial charge in [0.2, 0.25) is 0 Å². The van der Waals surface area contributed by atoms with E-state index in [9.17, 15) is 4.79 Å². The van der Waals surface area contributed by atoms with Crippen LogP contribution in [0.1, 0.15) is 5.82 Å². The van der Waals surface area contributed by atoms with Crippen LogP contribution < -0.4 is 20.3 Å². The van der Waals surface area contributed by atoms with Gasteiger partial charge in [-0.25, -0.2) is 9.78 Å². The molecule has 2 N–H and O–H groups in total. The molecule has 4 rings (SSSR count). The molecular weight excluding hydrogens is 342 g/mol. The summed E-state index contributed by atoms with van der Waals surface area (Å²) in [5.74, 6) is 1.57. The van der Waals surface area contributed by atoms with Crippen LogP contribution in [-0.4, -0.2) is 47.0 Å². The van der Waals surface area contributed by atoms with Crippen LogP contribution in [0.15, 0.2) is 30.6 Å². The second-order valence-electron chi connectivity index (χ2n) is 5.73. The summed E-state index contributed by atoms with van der Waals surface area (Å²) in [7, 11) is 1.74. The average Bonchev–Trinajstić information content (AvgIpc) is 3.25. The summed E-state index contributed by atoms with van der Waals surface area (Å²) >= 11 is 5.03. The minimum atomic E-state index is -0.374. The Bertz CT molecular complexity index is 837. The SMILES string of the molecule is CNC(=S)NC[C@H]1CN(c2ccc3c(c2)OCc2nccn2-3)C(=O)O1. The van der Waals surface area contributed by atoms with Gasteiger partial charge in [-0.15, -0.1) is 0 Å². The number of amides is 1. The van der Waals surface area contributed by atoms with Crippen molar-refractivity contribution in [3.05, 3.63) is 36.4 Å². The second kappa shape index (κ2) is 6.25.